The first-order valence-electron chi connectivity index (χ1n) is 15.9. The molecule has 0 aliphatic heterocycles. The largest absolute Gasteiger partial charge is 0.256 e. The van der Waals surface area contributed by atoms with Crippen molar-refractivity contribution in [2.24, 2.45) is 0 Å². The van der Waals surface area contributed by atoms with Crippen LogP contribution >= 0.6 is 0 Å². The Bertz CT molecular complexity index is 496. The van der Waals surface area contributed by atoms with Crippen molar-refractivity contribution < 1.29 is 4.57 Å². The molecule has 1 heterocycles. The molecular weight excluding hydrogens is 412 g/mol. The second-order valence-electron chi connectivity index (χ2n) is 10.9. The summed E-state index contributed by atoms with van der Waals surface area (Å²) < 4.78 is 5.22. The molecule has 34 heavy (non-hydrogen) atoms. The lowest BCUT2D eigenvalue weighted by Crippen LogP contribution is -2.37. The highest BCUT2D eigenvalue weighted by atomic mass is 15.1. The van der Waals surface area contributed by atoms with E-state index in [4.69, 9.17) is 0 Å². The lowest BCUT2D eigenvalue weighted by molar-refractivity contribution is -0.704. The highest BCUT2D eigenvalue weighted by Gasteiger charge is 2.16. The predicted octanol–water partition coefficient (Wildman–Crippen LogP) is 10.4. The van der Waals surface area contributed by atoms with Gasteiger partial charge in [0.15, 0.2) is 0 Å². The fourth-order valence-electron chi connectivity index (χ4n) is 5.26. The van der Waals surface area contributed by atoms with Gasteiger partial charge in [0.25, 0.3) is 5.82 Å². The Kier molecular flexibility index (Phi) is 22.0. The smallest absolute Gasteiger partial charge is 0.234 e. The van der Waals surface area contributed by atoms with Gasteiger partial charge in [0.05, 0.1) is 13.1 Å². The highest BCUT2D eigenvalue weighted by molar-refractivity contribution is 4.84. The van der Waals surface area contributed by atoms with Crippen molar-refractivity contribution in [2.45, 2.75) is 188 Å². The summed E-state index contributed by atoms with van der Waals surface area (Å²) in [6, 6.07) is 0. The fraction of sp³-hybridized carbons (Fsp3) is 0.906. The average molecular weight is 476 g/mol. The zero-order valence-electron chi connectivity index (χ0n) is 23.9. The van der Waals surface area contributed by atoms with Gasteiger partial charge < -0.3 is 0 Å². The van der Waals surface area contributed by atoms with E-state index in [9.17, 15) is 0 Å². The van der Waals surface area contributed by atoms with Crippen LogP contribution in [0.1, 0.15) is 174 Å². The molecule has 0 amide bonds. The Labute approximate surface area is 215 Å². The molecular formula is C32H63N2+. The SMILES string of the molecule is CCCCCCCCCCn1cc[n+](CCCCCCCCCC)c1CCCCCCCCC. The van der Waals surface area contributed by atoms with Crippen molar-refractivity contribution in [3.63, 3.8) is 0 Å². The van der Waals surface area contributed by atoms with E-state index < -0.39 is 0 Å². The van der Waals surface area contributed by atoms with Crippen LogP contribution in [0.3, 0.4) is 0 Å². The van der Waals surface area contributed by atoms with Crippen molar-refractivity contribution >= 4 is 0 Å². The summed E-state index contributed by atoms with van der Waals surface area (Å²) in [6.45, 7) is 9.38. The van der Waals surface area contributed by atoms with Crippen LogP contribution in [-0.2, 0) is 19.5 Å². The van der Waals surface area contributed by atoms with Gasteiger partial charge in [0.1, 0.15) is 12.4 Å². The summed E-state index contributed by atoms with van der Waals surface area (Å²) in [5.41, 5.74) is 0. The van der Waals surface area contributed by atoms with Crippen LogP contribution in [0.15, 0.2) is 12.4 Å². The van der Waals surface area contributed by atoms with E-state index in [1.807, 2.05) is 0 Å². The first kappa shape index (κ1) is 31.2. The summed E-state index contributed by atoms with van der Waals surface area (Å²) in [5.74, 6) is 1.61. The number of nitrogens with zero attached hydrogens (tertiary/aromatic N) is 2. The maximum atomic E-state index is 2.61. The van der Waals surface area contributed by atoms with E-state index in [0.29, 0.717) is 0 Å². The standard InChI is InChI=1S/C32H63N2/c1-4-7-10-13-16-19-22-25-28-33-30-31-34(29-26-23-20-17-14-11-8-5-2)32(33)27-24-21-18-15-12-9-6-3/h30-31H,4-29H2,1-3H3/q+1. The van der Waals surface area contributed by atoms with Gasteiger partial charge in [-0.05, 0) is 32.1 Å². The van der Waals surface area contributed by atoms with Crippen molar-refractivity contribution in [1.29, 1.82) is 0 Å². The fourth-order valence-corrected chi connectivity index (χ4v) is 5.26. The summed E-state index contributed by atoms with van der Waals surface area (Å²) in [5, 5.41) is 0. The molecule has 0 bridgehead atoms. The third-order valence-corrected chi connectivity index (χ3v) is 7.60. The molecule has 0 fully saturated rings. The van der Waals surface area contributed by atoms with Crippen molar-refractivity contribution in [1.82, 2.24) is 4.57 Å². The van der Waals surface area contributed by atoms with Crippen molar-refractivity contribution in [2.75, 3.05) is 0 Å². The van der Waals surface area contributed by atoms with Gasteiger partial charge in [-0.25, -0.2) is 9.13 Å². The minimum Gasteiger partial charge on any atom is -0.234 e. The summed E-state index contributed by atoms with van der Waals surface area (Å²) in [6.07, 6.45) is 38.5. The van der Waals surface area contributed by atoms with Crippen LogP contribution in [0, 0.1) is 0 Å². The average Bonchev–Trinajstić information content (AvgIpc) is 3.23. The van der Waals surface area contributed by atoms with Crippen LogP contribution in [0.4, 0.5) is 0 Å². The van der Waals surface area contributed by atoms with Crippen LogP contribution < -0.4 is 4.57 Å². The Balaban J connectivity index is 2.38. The van der Waals surface area contributed by atoms with Gasteiger partial charge in [0, 0.05) is 6.42 Å². The van der Waals surface area contributed by atoms with Gasteiger partial charge in [-0.3, -0.25) is 0 Å². The number of unbranched alkanes of at least 4 members (excludes halogenated alkanes) is 20. The summed E-state index contributed by atoms with van der Waals surface area (Å²) in [4.78, 5) is 0. The van der Waals surface area contributed by atoms with E-state index in [2.05, 4.69) is 42.3 Å². The van der Waals surface area contributed by atoms with Gasteiger partial charge in [-0.15, -0.1) is 0 Å². The normalized spacial score (nSPS) is 11.5. The predicted molar refractivity (Wildman–Crippen MR) is 152 cm³/mol. The second kappa shape index (κ2) is 23.9. The maximum absolute atomic E-state index is 2.61. The summed E-state index contributed by atoms with van der Waals surface area (Å²) >= 11 is 0. The lowest BCUT2D eigenvalue weighted by Gasteiger charge is -2.07. The van der Waals surface area contributed by atoms with Crippen LogP contribution in [0.2, 0.25) is 0 Å². The monoisotopic (exact) mass is 475 g/mol. The minimum absolute atomic E-state index is 1.23. The molecule has 0 unspecified atom stereocenters. The van der Waals surface area contributed by atoms with Gasteiger partial charge in [-0.1, -0.05) is 136 Å². The van der Waals surface area contributed by atoms with Crippen LogP contribution in [-0.4, -0.2) is 4.57 Å². The van der Waals surface area contributed by atoms with E-state index in [1.165, 1.54) is 167 Å². The molecule has 1 aromatic heterocycles. The lowest BCUT2D eigenvalue weighted by atomic mass is 10.1. The molecule has 0 N–H and O–H groups in total. The molecule has 1 aromatic rings. The molecule has 200 valence electrons. The molecule has 0 aliphatic carbocycles. The minimum atomic E-state index is 1.23. The van der Waals surface area contributed by atoms with Crippen molar-refractivity contribution in [3.05, 3.63) is 18.2 Å². The number of aromatic nitrogens is 2. The number of rotatable bonds is 26. The molecule has 1 rings (SSSR count). The third-order valence-electron chi connectivity index (χ3n) is 7.60. The molecule has 0 aliphatic rings. The molecule has 0 saturated carbocycles. The molecule has 2 nitrogen and oxygen atoms in total. The molecule has 2 heteroatoms. The quantitative estimate of drug-likeness (QED) is 0.0930. The van der Waals surface area contributed by atoms with Crippen molar-refractivity contribution in [3.8, 4) is 0 Å². The third kappa shape index (κ3) is 16.8. The Morgan fingerprint density at radius 3 is 1.41 bits per heavy atom. The topological polar surface area (TPSA) is 8.81 Å². The molecule has 0 aromatic carbocycles. The molecule has 0 atom stereocenters. The van der Waals surface area contributed by atoms with Crippen LogP contribution in [0.5, 0.6) is 0 Å². The first-order chi connectivity index (χ1) is 16.8. The number of aryl methyl sites for hydroxylation is 2. The molecule has 0 spiro atoms. The number of imidazole rings is 1. The van der Waals surface area contributed by atoms with E-state index >= 15 is 0 Å². The maximum Gasteiger partial charge on any atom is 0.256 e. The van der Waals surface area contributed by atoms with Crippen LogP contribution in [0.25, 0.3) is 0 Å². The van der Waals surface area contributed by atoms with E-state index in [-0.39, 0.29) is 0 Å². The molecule has 0 saturated heterocycles. The van der Waals surface area contributed by atoms with Gasteiger partial charge >= 0.3 is 0 Å². The van der Waals surface area contributed by atoms with E-state index in [1.54, 1.807) is 5.82 Å². The molecule has 0 radical (unpaired) electrons. The number of hydrogen-bond acceptors (Lipinski definition) is 0. The Morgan fingerprint density at radius 1 is 0.500 bits per heavy atom. The Morgan fingerprint density at radius 2 is 0.912 bits per heavy atom. The second-order valence-corrected chi connectivity index (χ2v) is 10.9. The van der Waals surface area contributed by atoms with Gasteiger partial charge in [0.2, 0.25) is 0 Å². The summed E-state index contributed by atoms with van der Waals surface area (Å²) in [7, 11) is 0. The number of hydrogen-bond donors (Lipinski definition) is 0. The first-order valence-corrected chi connectivity index (χ1v) is 15.9. The zero-order valence-corrected chi connectivity index (χ0v) is 23.9. The van der Waals surface area contributed by atoms with E-state index in [0.717, 1.165) is 0 Å². The van der Waals surface area contributed by atoms with Gasteiger partial charge in [-0.2, -0.15) is 0 Å². The Hall–Kier alpha value is -0.790. The zero-order chi connectivity index (χ0) is 24.5. The highest BCUT2D eigenvalue weighted by Crippen LogP contribution is 2.13.